The molecule has 0 amide bonds. The summed E-state index contributed by atoms with van der Waals surface area (Å²) >= 11 is 0. The molecule has 0 fully saturated rings. The SMILES string of the molecule is CC(C)(CC=O)c1ccc(F)cc1. The smallest absolute Gasteiger partial charge is 0.123 e. The van der Waals surface area contributed by atoms with Crippen LogP contribution in [0.1, 0.15) is 25.8 Å². The largest absolute Gasteiger partial charge is 0.303 e. The lowest BCUT2D eigenvalue weighted by Crippen LogP contribution is -2.17. The molecule has 0 spiro atoms. The van der Waals surface area contributed by atoms with E-state index in [2.05, 4.69) is 0 Å². The fourth-order valence-electron chi connectivity index (χ4n) is 1.23. The molecule has 0 saturated carbocycles. The standard InChI is InChI=1S/C11H13FO/c1-11(2,7-8-13)9-3-5-10(12)6-4-9/h3-6,8H,7H2,1-2H3. The maximum absolute atomic E-state index is 12.6. The fourth-order valence-corrected chi connectivity index (χ4v) is 1.23. The maximum Gasteiger partial charge on any atom is 0.123 e. The summed E-state index contributed by atoms with van der Waals surface area (Å²) in [6.07, 6.45) is 1.35. The van der Waals surface area contributed by atoms with Crippen LogP contribution in [-0.4, -0.2) is 6.29 Å². The molecule has 1 aromatic rings. The Kier molecular flexibility index (Phi) is 2.81. The van der Waals surface area contributed by atoms with Gasteiger partial charge in [0.1, 0.15) is 12.1 Å². The van der Waals surface area contributed by atoms with Crippen LogP contribution in [0, 0.1) is 5.82 Å². The zero-order valence-electron chi connectivity index (χ0n) is 7.88. The van der Waals surface area contributed by atoms with Crippen molar-refractivity contribution in [3.63, 3.8) is 0 Å². The Morgan fingerprint density at radius 1 is 1.31 bits per heavy atom. The molecule has 0 aliphatic rings. The molecule has 70 valence electrons. The van der Waals surface area contributed by atoms with Gasteiger partial charge in [-0.1, -0.05) is 26.0 Å². The second kappa shape index (κ2) is 3.69. The highest BCUT2D eigenvalue weighted by molar-refractivity contribution is 5.53. The molecule has 1 nitrogen and oxygen atoms in total. The Bertz CT molecular complexity index is 287. The van der Waals surface area contributed by atoms with Crippen molar-refractivity contribution in [3.05, 3.63) is 35.6 Å². The van der Waals surface area contributed by atoms with Gasteiger partial charge in [-0.15, -0.1) is 0 Å². The predicted octanol–water partition coefficient (Wildman–Crippen LogP) is 2.69. The quantitative estimate of drug-likeness (QED) is 0.653. The van der Waals surface area contributed by atoms with Crippen LogP contribution in [-0.2, 0) is 10.2 Å². The summed E-state index contributed by atoms with van der Waals surface area (Å²) in [6, 6.07) is 6.28. The highest BCUT2D eigenvalue weighted by Gasteiger charge is 2.19. The van der Waals surface area contributed by atoms with E-state index in [4.69, 9.17) is 0 Å². The van der Waals surface area contributed by atoms with E-state index in [0.717, 1.165) is 11.8 Å². The van der Waals surface area contributed by atoms with E-state index in [9.17, 15) is 9.18 Å². The normalized spacial score (nSPS) is 11.3. The summed E-state index contributed by atoms with van der Waals surface area (Å²) < 4.78 is 12.6. The minimum Gasteiger partial charge on any atom is -0.303 e. The van der Waals surface area contributed by atoms with Crippen LogP contribution in [0.5, 0.6) is 0 Å². The Balaban J connectivity index is 2.93. The number of halogens is 1. The molecule has 2 heteroatoms. The number of carbonyl (C=O) groups excluding carboxylic acids is 1. The molecular weight excluding hydrogens is 167 g/mol. The van der Waals surface area contributed by atoms with Gasteiger partial charge in [0.25, 0.3) is 0 Å². The Labute approximate surface area is 77.6 Å². The third-order valence-electron chi connectivity index (χ3n) is 2.22. The third-order valence-corrected chi connectivity index (χ3v) is 2.22. The molecule has 0 aliphatic heterocycles. The molecule has 0 unspecified atom stereocenters. The molecule has 0 aliphatic carbocycles. The summed E-state index contributed by atoms with van der Waals surface area (Å²) in [5, 5.41) is 0. The van der Waals surface area contributed by atoms with Crippen LogP contribution in [0.4, 0.5) is 4.39 Å². The Morgan fingerprint density at radius 2 is 1.85 bits per heavy atom. The van der Waals surface area contributed by atoms with E-state index in [1.54, 1.807) is 12.1 Å². The lowest BCUT2D eigenvalue weighted by molar-refractivity contribution is -0.108. The van der Waals surface area contributed by atoms with E-state index in [1.165, 1.54) is 12.1 Å². The summed E-state index contributed by atoms with van der Waals surface area (Å²) in [4.78, 5) is 10.4. The van der Waals surface area contributed by atoms with Crippen molar-refractivity contribution in [3.8, 4) is 0 Å². The van der Waals surface area contributed by atoms with Crippen LogP contribution in [0.2, 0.25) is 0 Å². The van der Waals surface area contributed by atoms with Gasteiger partial charge in [0.05, 0.1) is 0 Å². The molecule has 0 atom stereocenters. The number of hydrogen-bond acceptors (Lipinski definition) is 1. The lowest BCUT2D eigenvalue weighted by Gasteiger charge is -2.22. The van der Waals surface area contributed by atoms with Crippen LogP contribution in [0.15, 0.2) is 24.3 Å². The van der Waals surface area contributed by atoms with Gasteiger partial charge < -0.3 is 4.79 Å². The first-order valence-electron chi connectivity index (χ1n) is 4.26. The van der Waals surface area contributed by atoms with Gasteiger partial charge in [0.15, 0.2) is 0 Å². The van der Waals surface area contributed by atoms with Crippen molar-refractivity contribution in [2.24, 2.45) is 0 Å². The topological polar surface area (TPSA) is 17.1 Å². The van der Waals surface area contributed by atoms with Crippen molar-refractivity contribution in [1.82, 2.24) is 0 Å². The van der Waals surface area contributed by atoms with Gasteiger partial charge in [-0.05, 0) is 23.1 Å². The van der Waals surface area contributed by atoms with Crippen molar-refractivity contribution >= 4 is 6.29 Å². The average molecular weight is 180 g/mol. The van der Waals surface area contributed by atoms with E-state index in [0.29, 0.717) is 6.42 Å². The molecule has 0 N–H and O–H groups in total. The number of benzene rings is 1. The van der Waals surface area contributed by atoms with Crippen molar-refractivity contribution in [1.29, 1.82) is 0 Å². The number of rotatable bonds is 3. The van der Waals surface area contributed by atoms with E-state index >= 15 is 0 Å². The maximum atomic E-state index is 12.6. The number of hydrogen-bond donors (Lipinski definition) is 0. The van der Waals surface area contributed by atoms with Gasteiger partial charge in [-0.2, -0.15) is 0 Å². The highest BCUT2D eigenvalue weighted by atomic mass is 19.1. The molecule has 0 radical (unpaired) electrons. The molecule has 0 saturated heterocycles. The first-order valence-corrected chi connectivity index (χ1v) is 4.26. The number of carbonyl (C=O) groups is 1. The lowest BCUT2D eigenvalue weighted by atomic mass is 9.82. The highest BCUT2D eigenvalue weighted by Crippen LogP contribution is 2.25. The molecule has 1 rings (SSSR count). The zero-order chi connectivity index (χ0) is 9.90. The van der Waals surface area contributed by atoms with E-state index < -0.39 is 0 Å². The van der Waals surface area contributed by atoms with Gasteiger partial charge in [-0.3, -0.25) is 0 Å². The first-order chi connectivity index (χ1) is 6.06. The Hall–Kier alpha value is -1.18. The second-order valence-corrected chi connectivity index (χ2v) is 3.76. The van der Waals surface area contributed by atoms with Crippen LogP contribution in [0.25, 0.3) is 0 Å². The zero-order valence-corrected chi connectivity index (χ0v) is 7.88. The average Bonchev–Trinajstić information content (AvgIpc) is 2.05. The van der Waals surface area contributed by atoms with Gasteiger partial charge >= 0.3 is 0 Å². The van der Waals surface area contributed by atoms with Crippen LogP contribution < -0.4 is 0 Å². The number of aldehydes is 1. The summed E-state index contributed by atoms with van der Waals surface area (Å²) in [6.45, 7) is 3.93. The molecule has 0 heterocycles. The molecule has 13 heavy (non-hydrogen) atoms. The fraction of sp³-hybridized carbons (Fsp3) is 0.364. The molecule has 0 aromatic heterocycles. The van der Waals surface area contributed by atoms with E-state index in [1.807, 2.05) is 13.8 Å². The minimum absolute atomic E-state index is 0.199. The van der Waals surface area contributed by atoms with Crippen molar-refractivity contribution in [2.75, 3.05) is 0 Å². The molecule has 1 aromatic carbocycles. The first kappa shape index (κ1) is 9.90. The van der Waals surface area contributed by atoms with E-state index in [-0.39, 0.29) is 11.2 Å². The predicted molar refractivity (Wildman–Crippen MR) is 50.1 cm³/mol. The van der Waals surface area contributed by atoms with Crippen LogP contribution >= 0.6 is 0 Å². The summed E-state index contributed by atoms with van der Waals surface area (Å²) in [5.41, 5.74) is 0.788. The molecular formula is C11H13FO. The summed E-state index contributed by atoms with van der Waals surface area (Å²) in [5.74, 6) is -0.245. The van der Waals surface area contributed by atoms with Gasteiger partial charge in [0.2, 0.25) is 0 Å². The Morgan fingerprint density at radius 3 is 2.31 bits per heavy atom. The van der Waals surface area contributed by atoms with Gasteiger partial charge in [-0.25, -0.2) is 4.39 Å². The summed E-state index contributed by atoms with van der Waals surface area (Å²) in [7, 11) is 0. The van der Waals surface area contributed by atoms with Gasteiger partial charge in [0, 0.05) is 6.42 Å². The minimum atomic E-state index is -0.245. The molecule has 0 bridgehead atoms. The third kappa shape index (κ3) is 2.38. The second-order valence-electron chi connectivity index (χ2n) is 3.76. The van der Waals surface area contributed by atoms with Crippen molar-refractivity contribution in [2.45, 2.75) is 25.7 Å². The monoisotopic (exact) mass is 180 g/mol. The van der Waals surface area contributed by atoms with Crippen LogP contribution in [0.3, 0.4) is 0 Å². The van der Waals surface area contributed by atoms with Crippen molar-refractivity contribution < 1.29 is 9.18 Å².